The highest BCUT2D eigenvalue weighted by atomic mass is 35.5. The van der Waals surface area contributed by atoms with Crippen molar-refractivity contribution in [1.29, 1.82) is 0 Å². The summed E-state index contributed by atoms with van der Waals surface area (Å²) >= 11 is 6.18. The number of sulfonamides is 1. The molecule has 1 aliphatic rings. The molecule has 202 valence electrons. The highest BCUT2D eigenvalue weighted by Crippen LogP contribution is 2.36. The third-order valence-corrected chi connectivity index (χ3v) is 7.60. The van der Waals surface area contributed by atoms with E-state index in [0.717, 1.165) is 5.39 Å². The van der Waals surface area contributed by atoms with Gasteiger partial charge < -0.3 is 24.5 Å². The highest BCUT2D eigenvalue weighted by molar-refractivity contribution is 7.92. The molecule has 0 unspecified atom stereocenters. The van der Waals surface area contributed by atoms with Crippen molar-refractivity contribution in [3.63, 3.8) is 0 Å². The van der Waals surface area contributed by atoms with Crippen molar-refractivity contribution >= 4 is 49.6 Å². The molecule has 0 fully saturated rings. The topological polar surface area (TPSA) is 107 Å². The molecule has 0 spiro atoms. The number of hydrogen-bond donors (Lipinski definition) is 2. The quantitative estimate of drug-likeness (QED) is 0.282. The van der Waals surface area contributed by atoms with Crippen LogP contribution in [0.15, 0.2) is 78.2 Å². The van der Waals surface area contributed by atoms with E-state index in [9.17, 15) is 13.5 Å². The SMILES string of the molecule is CN(C)CCN(c1ccc(N=C(c2ccc3c(c2)OC=CO3)c2c(O)[nH]c3cc(Cl)ccc23)cc1)S(C)(=O)=O. The van der Waals surface area contributed by atoms with Gasteiger partial charge in [-0.2, -0.15) is 0 Å². The normalized spacial score (nSPS) is 13.3. The zero-order valence-electron chi connectivity index (χ0n) is 21.6. The van der Waals surface area contributed by atoms with Gasteiger partial charge in [0.05, 0.1) is 34.4 Å². The molecule has 1 aromatic heterocycles. The number of likely N-dealkylation sites (N-methyl/N-ethyl adjacent to an activating group) is 1. The van der Waals surface area contributed by atoms with E-state index in [0.29, 0.717) is 63.3 Å². The lowest BCUT2D eigenvalue weighted by Crippen LogP contribution is -2.35. The number of nitrogens with zero attached hydrogens (tertiary/aromatic N) is 3. The number of H-pyrrole nitrogens is 1. The summed E-state index contributed by atoms with van der Waals surface area (Å²) in [6, 6.07) is 17.6. The maximum Gasteiger partial charge on any atom is 0.232 e. The van der Waals surface area contributed by atoms with Gasteiger partial charge in [-0.25, -0.2) is 13.4 Å². The molecule has 0 saturated carbocycles. The maximum absolute atomic E-state index is 12.5. The Morgan fingerprint density at radius 3 is 2.38 bits per heavy atom. The first-order chi connectivity index (χ1) is 18.6. The second kappa shape index (κ2) is 10.6. The van der Waals surface area contributed by atoms with E-state index in [-0.39, 0.29) is 5.88 Å². The number of halogens is 1. The number of rotatable bonds is 8. The van der Waals surface area contributed by atoms with E-state index in [4.69, 9.17) is 26.1 Å². The van der Waals surface area contributed by atoms with Crippen LogP contribution in [0.25, 0.3) is 10.9 Å². The fourth-order valence-corrected chi connectivity index (χ4v) is 5.40. The van der Waals surface area contributed by atoms with Gasteiger partial charge in [0.25, 0.3) is 0 Å². The largest absolute Gasteiger partial charge is 0.494 e. The van der Waals surface area contributed by atoms with Crippen LogP contribution >= 0.6 is 11.6 Å². The predicted octanol–water partition coefficient (Wildman–Crippen LogP) is 5.27. The smallest absolute Gasteiger partial charge is 0.232 e. The molecule has 0 amide bonds. The summed E-state index contributed by atoms with van der Waals surface area (Å²) in [6.45, 7) is 0.886. The van der Waals surface area contributed by atoms with Crippen molar-refractivity contribution in [3.8, 4) is 17.4 Å². The zero-order valence-corrected chi connectivity index (χ0v) is 23.1. The van der Waals surface area contributed by atoms with Gasteiger partial charge in [0, 0.05) is 29.1 Å². The summed E-state index contributed by atoms with van der Waals surface area (Å²) in [5.74, 6) is 0.993. The Kier molecular flexibility index (Phi) is 7.26. The van der Waals surface area contributed by atoms with Gasteiger partial charge in [-0.05, 0) is 68.7 Å². The van der Waals surface area contributed by atoms with Crippen LogP contribution < -0.4 is 13.8 Å². The van der Waals surface area contributed by atoms with Crippen LogP contribution in [0.2, 0.25) is 5.02 Å². The summed E-state index contributed by atoms with van der Waals surface area (Å²) < 4.78 is 37.4. The van der Waals surface area contributed by atoms with Crippen LogP contribution in [0.4, 0.5) is 11.4 Å². The Bertz CT molecular complexity index is 1700. The number of aromatic nitrogens is 1. The second-order valence-electron chi connectivity index (χ2n) is 9.32. The van der Waals surface area contributed by atoms with Crippen molar-refractivity contribution < 1.29 is 23.0 Å². The van der Waals surface area contributed by atoms with Crippen molar-refractivity contribution in [1.82, 2.24) is 9.88 Å². The monoisotopic (exact) mass is 566 g/mol. The molecule has 4 aromatic rings. The Morgan fingerprint density at radius 2 is 1.69 bits per heavy atom. The molecule has 2 heterocycles. The Hall–Kier alpha value is -3.99. The minimum atomic E-state index is -3.48. The second-order valence-corrected chi connectivity index (χ2v) is 11.7. The number of fused-ring (bicyclic) bond motifs is 2. The van der Waals surface area contributed by atoms with E-state index >= 15 is 0 Å². The van der Waals surface area contributed by atoms with Crippen LogP contribution in [0.5, 0.6) is 17.4 Å². The minimum absolute atomic E-state index is 0.0654. The molecule has 5 rings (SSSR count). The molecule has 9 nitrogen and oxygen atoms in total. The van der Waals surface area contributed by atoms with Gasteiger partial charge in [0.2, 0.25) is 10.0 Å². The zero-order chi connectivity index (χ0) is 27.7. The first-order valence-electron chi connectivity index (χ1n) is 12.0. The van der Waals surface area contributed by atoms with Gasteiger partial charge in [-0.1, -0.05) is 17.7 Å². The Morgan fingerprint density at radius 1 is 0.974 bits per heavy atom. The summed E-state index contributed by atoms with van der Waals surface area (Å²) in [4.78, 5) is 9.80. The lowest BCUT2D eigenvalue weighted by atomic mass is 10.00. The molecule has 0 radical (unpaired) electrons. The molecule has 0 aliphatic carbocycles. The number of hydrogen-bond acceptors (Lipinski definition) is 7. The first kappa shape index (κ1) is 26.6. The van der Waals surface area contributed by atoms with Gasteiger partial charge in [0.15, 0.2) is 17.4 Å². The third-order valence-electron chi connectivity index (χ3n) is 6.17. The van der Waals surface area contributed by atoms with Gasteiger partial charge in [-0.3, -0.25) is 4.31 Å². The molecule has 0 bridgehead atoms. The number of aromatic hydroxyl groups is 1. The molecule has 0 atom stereocenters. The average molecular weight is 567 g/mol. The van der Waals surface area contributed by atoms with Crippen LogP contribution in [-0.4, -0.2) is 62.6 Å². The molecule has 3 aromatic carbocycles. The van der Waals surface area contributed by atoms with Crippen LogP contribution in [-0.2, 0) is 10.0 Å². The molecular weight excluding hydrogens is 540 g/mol. The molecule has 11 heteroatoms. The van der Waals surface area contributed by atoms with E-state index in [1.54, 1.807) is 48.5 Å². The summed E-state index contributed by atoms with van der Waals surface area (Å²) in [5.41, 5.74) is 3.39. The van der Waals surface area contributed by atoms with Gasteiger partial charge in [-0.15, -0.1) is 0 Å². The lowest BCUT2D eigenvalue weighted by Gasteiger charge is -2.24. The predicted molar refractivity (Wildman–Crippen MR) is 154 cm³/mol. The number of ether oxygens (including phenoxy) is 2. The molecule has 0 saturated heterocycles. The number of anilines is 1. The van der Waals surface area contributed by atoms with Gasteiger partial charge in [0.1, 0.15) is 12.5 Å². The summed E-state index contributed by atoms with van der Waals surface area (Å²) in [6.07, 6.45) is 4.08. The fraction of sp³-hybridized carbons (Fsp3) is 0.179. The number of aromatic amines is 1. The van der Waals surface area contributed by atoms with Gasteiger partial charge >= 0.3 is 0 Å². The van der Waals surface area contributed by atoms with E-state index < -0.39 is 10.0 Å². The summed E-state index contributed by atoms with van der Waals surface area (Å²) in [5, 5.41) is 12.2. The average Bonchev–Trinajstić information content (AvgIpc) is 3.21. The van der Waals surface area contributed by atoms with E-state index in [1.807, 2.05) is 31.1 Å². The highest BCUT2D eigenvalue weighted by Gasteiger charge is 2.22. The van der Waals surface area contributed by atoms with Crippen LogP contribution in [0.3, 0.4) is 0 Å². The Balaban J connectivity index is 1.61. The van der Waals surface area contributed by atoms with E-state index in [2.05, 4.69) is 4.98 Å². The van der Waals surface area contributed by atoms with E-state index in [1.165, 1.54) is 23.1 Å². The van der Waals surface area contributed by atoms with Crippen molar-refractivity contribution in [2.75, 3.05) is 37.7 Å². The molecule has 39 heavy (non-hydrogen) atoms. The van der Waals surface area contributed by atoms with Crippen LogP contribution in [0, 0.1) is 0 Å². The minimum Gasteiger partial charge on any atom is -0.494 e. The third kappa shape index (κ3) is 5.73. The van der Waals surface area contributed by atoms with Crippen LogP contribution in [0.1, 0.15) is 11.1 Å². The maximum atomic E-state index is 12.5. The molecular formula is C28H27ClN4O5S. The number of aliphatic imine (C=N–C) groups is 1. The van der Waals surface area contributed by atoms with Crippen molar-refractivity contribution in [2.45, 2.75) is 0 Å². The standard InChI is InChI=1S/C28H27ClN4O5S/c1-32(2)12-13-33(39(3,35)36)21-8-6-20(7-9-21)30-27(18-4-11-24-25(16-18)38-15-14-37-24)26-22-10-5-19(29)17-23(22)31-28(26)34/h4-11,14-17,31,34H,12-13H2,1-3H3. The lowest BCUT2D eigenvalue weighted by molar-refractivity contribution is 0.361. The number of benzene rings is 3. The summed E-state index contributed by atoms with van der Waals surface area (Å²) in [7, 11) is 0.303. The Labute approximate surface area is 231 Å². The molecule has 1 aliphatic heterocycles. The fourth-order valence-electron chi connectivity index (χ4n) is 4.31. The van der Waals surface area contributed by atoms with Crippen molar-refractivity contribution in [2.24, 2.45) is 4.99 Å². The number of nitrogens with one attached hydrogen (secondary N) is 1. The first-order valence-corrected chi connectivity index (χ1v) is 14.3. The van der Waals surface area contributed by atoms with Crippen molar-refractivity contribution in [3.05, 3.63) is 89.3 Å². The molecule has 2 N–H and O–H groups in total.